The fourth-order valence-electron chi connectivity index (χ4n) is 2.38. The van der Waals surface area contributed by atoms with Crippen molar-refractivity contribution in [2.75, 3.05) is 18.8 Å². The van der Waals surface area contributed by atoms with Crippen LogP contribution in [0.4, 0.5) is 10.1 Å². The van der Waals surface area contributed by atoms with E-state index >= 15 is 0 Å². The molecule has 1 aliphatic heterocycles. The van der Waals surface area contributed by atoms with Crippen molar-refractivity contribution in [1.82, 2.24) is 4.90 Å². The minimum absolute atomic E-state index is 0.200. The third-order valence-electron chi connectivity index (χ3n) is 3.24. The second-order valence-electron chi connectivity index (χ2n) is 4.83. The number of rotatable bonds is 2. The van der Waals surface area contributed by atoms with Gasteiger partial charge in [-0.15, -0.1) is 0 Å². The SMILES string of the molecule is C[C@@H]1CCCN(Cc2cc(F)ccc2N)C1. The van der Waals surface area contributed by atoms with Crippen LogP contribution < -0.4 is 5.73 Å². The van der Waals surface area contributed by atoms with Crippen molar-refractivity contribution in [2.24, 2.45) is 5.92 Å². The molecule has 1 aromatic carbocycles. The van der Waals surface area contributed by atoms with Gasteiger partial charge in [-0.1, -0.05) is 6.92 Å². The maximum Gasteiger partial charge on any atom is 0.123 e. The van der Waals surface area contributed by atoms with Crippen molar-refractivity contribution in [3.05, 3.63) is 29.6 Å². The van der Waals surface area contributed by atoms with Gasteiger partial charge in [0, 0.05) is 18.8 Å². The Morgan fingerprint density at radius 1 is 1.50 bits per heavy atom. The largest absolute Gasteiger partial charge is 0.398 e. The standard InChI is InChI=1S/C13H19FN2/c1-10-3-2-6-16(8-10)9-11-7-12(14)4-5-13(11)15/h4-5,7,10H,2-3,6,8-9,15H2,1H3/t10-/m1/s1. The summed E-state index contributed by atoms with van der Waals surface area (Å²) in [4.78, 5) is 2.36. The number of nitrogen functional groups attached to an aromatic ring is 1. The number of nitrogens with two attached hydrogens (primary N) is 1. The van der Waals surface area contributed by atoms with Crippen molar-refractivity contribution in [3.63, 3.8) is 0 Å². The van der Waals surface area contributed by atoms with Crippen LogP contribution in [0, 0.1) is 11.7 Å². The molecule has 2 N–H and O–H groups in total. The van der Waals surface area contributed by atoms with Crippen LogP contribution in [-0.2, 0) is 6.54 Å². The van der Waals surface area contributed by atoms with E-state index in [1.165, 1.54) is 18.9 Å². The number of hydrogen-bond acceptors (Lipinski definition) is 2. The first kappa shape index (κ1) is 11.4. The predicted molar refractivity (Wildman–Crippen MR) is 64.5 cm³/mol. The molecule has 1 aliphatic rings. The molecule has 0 bridgehead atoms. The summed E-state index contributed by atoms with van der Waals surface area (Å²) in [5, 5.41) is 0. The molecule has 1 saturated heterocycles. The average Bonchev–Trinajstić information content (AvgIpc) is 2.24. The van der Waals surface area contributed by atoms with Crippen molar-refractivity contribution in [3.8, 4) is 0 Å². The zero-order valence-electron chi connectivity index (χ0n) is 9.75. The summed E-state index contributed by atoms with van der Waals surface area (Å²) in [5.74, 6) is 0.540. The minimum Gasteiger partial charge on any atom is -0.398 e. The molecule has 3 heteroatoms. The van der Waals surface area contributed by atoms with Gasteiger partial charge in [-0.05, 0) is 49.1 Å². The molecule has 0 aliphatic carbocycles. The zero-order valence-corrected chi connectivity index (χ0v) is 9.75. The molecule has 1 fully saturated rings. The highest BCUT2D eigenvalue weighted by Crippen LogP contribution is 2.20. The van der Waals surface area contributed by atoms with Gasteiger partial charge in [-0.2, -0.15) is 0 Å². The summed E-state index contributed by atoms with van der Waals surface area (Å²) in [6, 6.07) is 4.62. The van der Waals surface area contributed by atoms with Crippen molar-refractivity contribution in [2.45, 2.75) is 26.3 Å². The van der Waals surface area contributed by atoms with Gasteiger partial charge in [0.05, 0.1) is 0 Å². The molecule has 1 atom stereocenters. The van der Waals surface area contributed by atoms with E-state index < -0.39 is 0 Å². The monoisotopic (exact) mass is 222 g/mol. The predicted octanol–water partition coefficient (Wildman–Crippen LogP) is 2.64. The molecule has 0 unspecified atom stereocenters. The number of likely N-dealkylation sites (tertiary alicyclic amines) is 1. The Hall–Kier alpha value is -1.09. The Labute approximate surface area is 96.2 Å². The van der Waals surface area contributed by atoms with Crippen LogP contribution in [0.3, 0.4) is 0 Å². The maximum atomic E-state index is 13.1. The normalized spacial score (nSPS) is 22.2. The molecular formula is C13H19FN2. The van der Waals surface area contributed by atoms with Gasteiger partial charge < -0.3 is 5.73 Å². The third kappa shape index (κ3) is 2.73. The highest BCUT2D eigenvalue weighted by atomic mass is 19.1. The lowest BCUT2D eigenvalue weighted by Crippen LogP contribution is -2.33. The molecule has 0 saturated carbocycles. The van der Waals surface area contributed by atoms with Crippen LogP contribution >= 0.6 is 0 Å². The first-order chi connectivity index (χ1) is 7.65. The smallest absolute Gasteiger partial charge is 0.123 e. The zero-order chi connectivity index (χ0) is 11.5. The second-order valence-corrected chi connectivity index (χ2v) is 4.83. The number of halogens is 1. The van der Waals surface area contributed by atoms with Gasteiger partial charge in [-0.25, -0.2) is 4.39 Å². The quantitative estimate of drug-likeness (QED) is 0.779. The average molecular weight is 222 g/mol. The molecule has 0 amide bonds. The Balaban J connectivity index is 2.05. The molecule has 2 rings (SSSR count). The number of piperidine rings is 1. The first-order valence-electron chi connectivity index (χ1n) is 5.91. The fourth-order valence-corrected chi connectivity index (χ4v) is 2.38. The lowest BCUT2D eigenvalue weighted by atomic mass is 9.99. The Morgan fingerprint density at radius 2 is 2.31 bits per heavy atom. The van der Waals surface area contributed by atoms with E-state index in [0.29, 0.717) is 5.69 Å². The van der Waals surface area contributed by atoms with Gasteiger partial charge in [0.1, 0.15) is 5.82 Å². The van der Waals surface area contributed by atoms with Gasteiger partial charge in [0.2, 0.25) is 0 Å². The van der Waals surface area contributed by atoms with Gasteiger partial charge in [0.15, 0.2) is 0 Å². The van der Waals surface area contributed by atoms with E-state index in [0.717, 1.165) is 31.1 Å². The molecular weight excluding hydrogens is 203 g/mol. The number of anilines is 1. The van der Waals surface area contributed by atoms with E-state index in [4.69, 9.17) is 5.73 Å². The molecule has 88 valence electrons. The van der Waals surface area contributed by atoms with Crippen LogP contribution in [0.25, 0.3) is 0 Å². The summed E-state index contributed by atoms with van der Waals surface area (Å²) in [7, 11) is 0. The highest BCUT2D eigenvalue weighted by Gasteiger charge is 2.17. The third-order valence-corrected chi connectivity index (χ3v) is 3.24. The number of hydrogen-bond donors (Lipinski definition) is 1. The first-order valence-corrected chi connectivity index (χ1v) is 5.91. The Morgan fingerprint density at radius 3 is 3.06 bits per heavy atom. The molecule has 0 aromatic heterocycles. The molecule has 0 spiro atoms. The summed E-state index contributed by atoms with van der Waals surface area (Å²) < 4.78 is 13.1. The Kier molecular flexibility index (Phi) is 3.44. The Bertz CT molecular complexity index is 365. The molecule has 1 heterocycles. The molecule has 2 nitrogen and oxygen atoms in total. The molecule has 0 radical (unpaired) electrons. The van der Waals surface area contributed by atoms with Crippen LogP contribution in [0.2, 0.25) is 0 Å². The van der Waals surface area contributed by atoms with Crippen molar-refractivity contribution in [1.29, 1.82) is 0 Å². The van der Waals surface area contributed by atoms with E-state index in [1.807, 2.05) is 0 Å². The summed E-state index contributed by atoms with van der Waals surface area (Å²) in [6.07, 6.45) is 2.53. The lowest BCUT2D eigenvalue weighted by molar-refractivity contribution is 0.177. The molecule has 1 aromatic rings. The summed E-state index contributed by atoms with van der Waals surface area (Å²) in [6.45, 7) is 5.23. The summed E-state index contributed by atoms with van der Waals surface area (Å²) >= 11 is 0. The number of nitrogens with zero attached hydrogens (tertiary/aromatic N) is 1. The van der Waals surface area contributed by atoms with Crippen LogP contribution in [0.15, 0.2) is 18.2 Å². The van der Waals surface area contributed by atoms with E-state index in [1.54, 1.807) is 12.1 Å². The second kappa shape index (κ2) is 4.83. The topological polar surface area (TPSA) is 29.3 Å². The minimum atomic E-state index is -0.200. The number of benzene rings is 1. The van der Waals surface area contributed by atoms with Crippen LogP contribution in [0.1, 0.15) is 25.3 Å². The van der Waals surface area contributed by atoms with Crippen molar-refractivity contribution >= 4 is 5.69 Å². The molecule has 16 heavy (non-hydrogen) atoms. The summed E-state index contributed by atoms with van der Waals surface area (Å²) in [5.41, 5.74) is 7.45. The van der Waals surface area contributed by atoms with E-state index in [-0.39, 0.29) is 5.82 Å². The maximum absolute atomic E-state index is 13.1. The fraction of sp³-hybridized carbons (Fsp3) is 0.538. The van der Waals surface area contributed by atoms with Gasteiger partial charge in [-0.3, -0.25) is 4.90 Å². The van der Waals surface area contributed by atoms with Gasteiger partial charge >= 0.3 is 0 Å². The van der Waals surface area contributed by atoms with Crippen LogP contribution in [0.5, 0.6) is 0 Å². The van der Waals surface area contributed by atoms with E-state index in [2.05, 4.69) is 11.8 Å². The van der Waals surface area contributed by atoms with Crippen LogP contribution in [-0.4, -0.2) is 18.0 Å². The van der Waals surface area contributed by atoms with Crippen molar-refractivity contribution < 1.29 is 4.39 Å². The lowest BCUT2D eigenvalue weighted by Gasteiger charge is -2.31. The highest BCUT2D eigenvalue weighted by molar-refractivity contribution is 5.46. The van der Waals surface area contributed by atoms with Gasteiger partial charge in [0.25, 0.3) is 0 Å². The van der Waals surface area contributed by atoms with E-state index in [9.17, 15) is 4.39 Å².